The van der Waals surface area contributed by atoms with E-state index < -0.39 is 15.9 Å². The molecule has 0 atom stereocenters. The summed E-state index contributed by atoms with van der Waals surface area (Å²) < 4.78 is 28.5. The van der Waals surface area contributed by atoms with E-state index in [0.29, 0.717) is 16.4 Å². The molecule has 1 heterocycles. The first kappa shape index (κ1) is 19.7. The van der Waals surface area contributed by atoms with Crippen LogP contribution in [0.1, 0.15) is 10.5 Å². The topological polar surface area (TPSA) is 81.1 Å². The maximum absolute atomic E-state index is 12.5. The molecule has 0 spiro atoms. The minimum Gasteiger partial charge on any atom is -0.333 e. The van der Waals surface area contributed by atoms with E-state index >= 15 is 0 Å². The lowest BCUT2D eigenvalue weighted by atomic mass is 10.2. The highest BCUT2D eigenvalue weighted by atomic mass is 35.5. The van der Waals surface area contributed by atoms with Crippen molar-refractivity contribution in [2.75, 3.05) is 0 Å². The average molecular weight is 445 g/mol. The summed E-state index contributed by atoms with van der Waals surface area (Å²) in [4.78, 5) is 16.3. The number of rotatable bonds is 4. The molecular formula is C17H12Cl3N3O3S. The maximum Gasteiger partial charge on any atom is 0.285 e. The van der Waals surface area contributed by atoms with Crippen LogP contribution in [0.25, 0.3) is 11.4 Å². The fourth-order valence-electron chi connectivity index (χ4n) is 2.39. The first-order valence-electron chi connectivity index (χ1n) is 7.50. The lowest BCUT2D eigenvalue weighted by Crippen LogP contribution is -2.31. The Morgan fingerprint density at radius 2 is 1.70 bits per heavy atom. The van der Waals surface area contributed by atoms with Gasteiger partial charge in [0.05, 0.1) is 15.1 Å². The Kier molecular flexibility index (Phi) is 5.48. The van der Waals surface area contributed by atoms with Crippen molar-refractivity contribution >= 4 is 50.7 Å². The molecular weight excluding hydrogens is 433 g/mol. The summed E-state index contributed by atoms with van der Waals surface area (Å²) in [5, 5.41) is 0.347. The number of halogens is 3. The molecule has 2 aromatic carbocycles. The van der Waals surface area contributed by atoms with Crippen LogP contribution in [0.3, 0.4) is 0 Å². The van der Waals surface area contributed by atoms with Crippen LogP contribution in [0.2, 0.25) is 15.1 Å². The summed E-state index contributed by atoms with van der Waals surface area (Å²) in [5.74, 6) is -0.483. The SMILES string of the molecule is Cn1cc(C(=O)NS(=O)(=O)c2cccc(Cl)c2Cl)nc1-c1ccccc1Cl. The number of aromatic nitrogens is 2. The zero-order valence-electron chi connectivity index (χ0n) is 13.8. The Bertz CT molecular complexity index is 1140. The van der Waals surface area contributed by atoms with Crippen molar-refractivity contribution in [3.8, 4) is 11.4 Å². The van der Waals surface area contributed by atoms with Crippen LogP contribution in [0, 0.1) is 0 Å². The van der Waals surface area contributed by atoms with E-state index in [9.17, 15) is 13.2 Å². The molecule has 27 heavy (non-hydrogen) atoms. The fourth-order valence-corrected chi connectivity index (χ4v) is 4.33. The monoisotopic (exact) mass is 443 g/mol. The molecule has 0 fully saturated rings. The van der Waals surface area contributed by atoms with Gasteiger partial charge in [0.25, 0.3) is 15.9 Å². The van der Waals surface area contributed by atoms with Gasteiger partial charge in [-0.1, -0.05) is 53.0 Å². The second kappa shape index (κ2) is 7.52. The van der Waals surface area contributed by atoms with E-state index in [1.165, 1.54) is 24.4 Å². The number of carbonyl (C=O) groups is 1. The van der Waals surface area contributed by atoms with Crippen LogP contribution in [0.4, 0.5) is 0 Å². The predicted molar refractivity (Wildman–Crippen MR) is 105 cm³/mol. The first-order valence-corrected chi connectivity index (χ1v) is 10.1. The Morgan fingerprint density at radius 1 is 1.04 bits per heavy atom. The number of imidazole rings is 1. The van der Waals surface area contributed by atoms with Gasteiger partial charge in [0.15, 0.2) is 0 Å². The predicted octanol–water partition coefficient (Wildman–Crippen LogP) is 4.17. The van der Waals surface area contributed by atoms with Crippen LogP contribution >= 0.6 is 34.8 Å². The van der Waals surface area contributed by atoms with Crippen molar-refractivity contribution in [1.29, 1.82) is 0 Å². The van der Waals surface area contributed by atoms with Crippen molar-refractivity contribution in [3.63, 3.8) is 0 Å². The lowest BCUT2D eigenvalue weighted by Gasteiger charge is -2.08. The number of benzene rings is 2. The van der Waals surface area contributed by atoms with Gasteiger partial charge in [-0.05, 0) is 24.3 Å². The minimum absolute atomic E-state index is 0.0610. The largest absolute Gasteiger partial charge is 0.333 e. The first-order chi connectivity index (χ1) is 12.7. The Morgan fingerprint density at radius 3 is 2.41 bits per heavy atom. The summed E-state index contributed by atoms with van der Waals surface area (Å²) >= 11 is 17.9. The maximum atomic E-state index is 12.5. The number of hydrogen-bond acceptors (Lipinski definition) is 4. The van der Waals surface area contributed by atoms with Gasteiger partial charge >= 0.3 is 0 Å². The molecule has 0 aliphatic heterocycles. The van der Waals surface area contributed by atoms with Crippen LogP contribution in [0.15, 0.2) is 53.6 Å². The van der Waals surface area contributed by atoms with E-state index in [-0.39, 0.29) is 20.6 Å². The standard InChI is InChI=1S/C17H12Cl3N3O3S/c1-23-9-13(21-16(23)10-5-2-3-6-11(10)18)17(24)22-27(25,26)14-8-4-7-12(19)15(14)20/h2-9H,1H3,(H,22,24). The molecule has 6 nitrogen and oxygen atoms in total. The molecule has 3 rings (SSSR count). The summed E-state index contributed by atoms with van der Waals surface area (Å²) in [6.07, 6.45) is 1.41. The van der Waals surface area contributed by atoms with Gasteiger partial charge < -0.3 is 4.57 Å². The minimum atomic E-state index is -4.23. The highest BCUT2D eigenvalue weighted by molar-refractivity contribution is 7.90. The molecule has 1 amide bonds. The van der Waals surface area contributed by atoms with Crippen molar-refractivity contribution < 1.29 is 13.2 Å². The lowest BCUT2D eigenvalue weighted by molar-refractivity contribution is 0.0977. The Balaban J connectivity index is 1.92. The second-order valence-corrected chi connectivity index (χ2v) is 8.37. The quantitative estimate of drug-likeness (QED) is 0.655. The number of carbonyl (C=O) groups excluding carboxylic acids is 1. The normalized spacial score (nSPS) is 11.4. The molecule has 10 heteroatoms. The Labute approximate surface area is 170 Å². The summed E-state index contributed by atoms with van der Waals surface area (Å²) in [6.45, 7) is 0. The summed E-state index contributed by atoms with van der Waals surface area (Å²) in [6, 6.07) is 11.1. The molecule has 1 N–H and O–H groups in total. The number of sulfonamides is 1. The van der Waals surface area contributed by atoms with E-state index in [1.807, 2.05) is 4.72 Å². The third-order valence-corrected chi connectivity index (χ3v) is 6.29. The Hall–Kier alpha value is -2.06. The van der Waals surface area contributed by atoms with Crippen LogP contribution < -0.4 is 4.72 Å². The zero-order valence-corrected chi connectivity index (χ0v) is 16.9. The number of nitrogens with one attached hydrogen (secondary N) is 1. The van der Waals surface area contributed by atoms with E-state index in [2.05, 4.69) is 4.98 Å². The summed E-state index contributed by atoms with van der Waals surface area (Å²) in [7, 11) is -2.56. The number of aryl methyl sites for hydroxylation is 1. The van der Waals surface area contributed by atoms with E-state index in [1.54, 1.807) is 35.9 Å². The molecule has 0 bridgehead atoms. The van der Waals surface area contributed by atoms with Crippen molar-refractivity contribution in [2.24, 2.45) is 7.05 Å². The van der Waals surface area contributed by atoms with Crippen LogP contribution in [-0.4, -0.2) is 23.9 Å². The second-order valence-electron chi connectivity index (χ2n) is 5.53. The van der Waals surface area contributed by atoms with Gasteiger partial charge in [-0.15, -0.1) is 0 Å². The van der Waals surface area contributed by atoms with E-state index in [0.717, 1.165) is 0 Å². The van der Waals surface area contributed by atoms with Gasteiger partial charge in [-0.25, -0.2) is 18.1 Å². The highest BCUT2D eigenvalue weighted by Crippen LogP contribution is 2.29. The van der Waals surface area contributed by atoms with Gasteiger partial charge in [0.1, 0.15) is 16.4 Å². The molecule has 1 aromatic heterocycles. The third-order valence-electron chi connectivity index (χ3n) is 3.66. The molecule has 3 aromatic rings. The molecule has 0 saturated carbocycles. The smallest absolute Gasteiger partial charge is 0.285 e. The third kappa shape index (κ3) is 3.96. The van der Waals surface area contributed by atoms with Gasteiger partial charge in [0, 0.05) is 18.8 Å². The molecule has 0 aliphatic rings. The fraction of sp³-hybridized carbons (Fsp3) is 0.0588. The van der Waals surface area contributed by atoms with Gasteiger partial charge in [-0.2, -0.15) is 0 Å². The van der Waals surface area contributed by atoms with Gasteiger partial charge in [0.2, 0.25) is 0 Å². The number of hydrogen-bond donors (Lipinski definition) is 1. The number of amides is 1. The van der Waals surface area contributed by atoms with Crippen LogP contribution in [-0.2, 0) is 17.1 Å². The molecule has 0 saturated heterocycles. The van der Waals surface area contributed by atoms with Crippen molar-refractivity contribution in [2.45, 2.75) is 4.90 Å². The van der Waals surface area contributed by atoms with Crippen molar-refractivity contribution in [1.82, 2.24) is 14.3 Å². The van der Waals surface area contributed by atoms with Crippen LogP contribution in [0.5, 0.6) is 0 Å². The molecule has 0 radical (unpaired) electrons. The summed E-state index contributed by atoms with van der Waals surface area (Å²) in [5.41, 5.74) is 0.524. The molecule has 0 aliphatic carbocycles. The average Bonchev–Trinajstić information content (AvgIpc) is 2.99. The molecule has 0 unspecified atom stereocenters. The van der Waals surface area contributed by atoms with Crippen molar-refractivity contribution in [3.05, 3.63) is 69.4 Å². The zero-order chi connectivity index (χ0) is 19.8. The van der Waals surface area contributed by atoms with E-state index in [4.69, 9.17) is 34.8 Å². The van der Waals surface area contributed by atoms with Gasteiger partial charge in [-0.3, -0.25) is 4.79 Å². The molecule has 140 valence electrons. The highest BCUT2D eigenvalue weighted by Gasteiger charge is 2.24. The number of nitrogens with zero attached hydrogens (tertiary/aromatic N) is 2.